The van der Waals surface area contributed by atoms with Crippen molar-refractivity contribution < 1.29 is 24.9 Å². The van der Waals surface area contributed by atoms with Gasteiger partial charge in [-0.2, -0.15) is 5.26 Å². The maximum atomic E-state index is 11.6. The number of allylic oxidation sites excluding steroid dienone is 1. The van der Waals surface area contributed by atoms with Gasteiger partial charge in [-0.25, -0.2) is 4.79 Å². The molecule has 0 aliphatic heterocycles. The summed E-state index contributed by atoms with van der Waals surface area (Å²) < 4.78 is 0. The van der Waals surface area contributed by atoms with Gasteiger partial charge in [0.25, 0.3) is 5.91 Å². The summed E-state index contributed by atoms with van der Waals surface area (Å²) in [5, 5.41) is 38.1. The second-order valence-corrected chi connectivity index (χ2v) is 3.56. The summed E-state index contributed by atoms with van der Waals surface area (Å²) in [5.41, 5.74) is -0.685. The molecule has 0 aliphatic rings. The van der Waals surface area contributed by atoms with E-state index < -0.39 is 29.0 Å². The lowest BCUT2D eigenvalue weighted by Gasteiger charge is -2.06. The first-order chi connectivity index (χ1) is 8.86. The van der Waals surface area contributed by atoms with Gasteiger partial charge in [0.15, 0.2) is 5.57 Å². The second kappa shape index (κ2) is 5.55. The number of carbonyl (C=O) groups is 2. The Labute approximate surface area is 108 Å². The predicted octanol–water partition coefficient (Wildman–Crippen LogP) is 1.38. The molecule has 0 atom stereocenters. The molecule has 19 heavy (non-hydrogen) atoms. The maximum Gasteiger partial charge on any atom is 0.339 e. The Kier molecular flexibility index (Phi) is 4.11. The molecule has 1 rings (SSSR count). The van der Waals surface area contributed by atoms with Gasteiger partial charge >= 0.3 is 5.97 Å². The maximum absolute atomic E-state index is 11.6. The largest absolute Gasteiger partial charge is 0.511 e. The Morgan fingerprint density at radius 2 is 1.95 bits per heavy atom. The monoisotopic (exact) mass is 262 g/mol. The van der Waals surface area contributed by atoms with Gasteiger partial charge in [0.05, 0.1) is 0 Å². The first-order valence-corrected chi connectivity index (χ1v) is 5.04. The number of carboxylic acid groups (broad SMARTS) is 1. The van der Waals surface area contributed by atoms with E-state index in [1.807, 2.05) is 0 Å². The van der Waals surface area contributed by atoms with Crippen LogP contribution in [0.5, 0.6) is 5.75 Å². The van der Waals surface area contributed by atoms with Gasteiger partial charge in [0, 0.05) is 11.8 Å². The number of nitrogens with zero attached hydrogens (tertiary/aromatic N) is 1. The molecule has 0 saturated carbocycles. The van der Waals surface area contributed by atoms with Gasteiger partial charge in [0.1, 0.15) is 23.1 Å². The number of aliphatic hydroxyl groups is 1. The van der Waals surface area contributed by atoms with Crippen LogP contribution in [0.1, 0.15) is 17.3 Å². The Morgan fingerprint density at radius 1 is 1.32 bits per heavy atom. The van der Waals surface area contributed by atoms with Crippen molar-refractivity contribution in [3.05, 3.63) is 35.1 Å². The number of anilines is 1. The Hall–Kier alpha value is -3.01. The van der Waals surface area contributed by atoms with Gasteiger partial charge in [-0.15, -0.1) is 0 Å². The van der Waals surface area contributed by atoms with E-state index in [0.29, 0.717) is 0 Å². The zero-order chi connectivity index (χ0) is 14.6. The van der Waals surface area contributed by atoms with Gasteiger partial charge in [-0.1, -0.05) is 0 Å². The van der Waals surface area contributed by atoms with Crippen molar-refractivity contribution in [3.63, 3.8) is 0 Å². The molecule has 0 fully saturated rings. The molecule has 0 spiro atoms. The summed E-state index contributed by atoms with van der Waals surface area (Å²) >= 11 is 0. The minimum atomic E-state index is -1.31. The summed E-state index contributed by atoms with van der Waals surface area (Å²) in [6, 6.07) is 4.92. The Morgan fingerprint density at radius 3 is 2.37 bits per heavy atom. The van der Waals surface area contributed by atoms with Gasteiger partial charge in [0.2, 0.25) is 0 Å². The average molecular weight is 262 g/mol. The summed E-state index contributed by atoms with van der Waals surface area (Å²) in [6.45, 7) is 1.18. The highest BCUT2D eigenvalue weighted by Gasteiger charge is 2.15. The fourth-order valence-electron chi connectivity index (χ4n) is 1.28. The SMILES string of the molecule is C/C(O)=C(\C#N)C(=O)Nc1ccc(C(=O)O)c(O)c1. The minimum Gasteiger partial charge on any atom is -0.511 e. The molecule has 0 aliphatic carbocycles. The molecular weight excluding hydrogens is 252 g/mol. The highest BCUT2D eigenvalue weighted by atomic mass is 16.4. The number of nitriles is 1. The highest BCUT2D eigenvalue weighted by molar-refractivity contribution is 6.07. The number of phenols is 1. The van der Waals surface area contributed by atoms with Crippen LogP contribution >= 0.6 is 0 Å². The van der Waals surface area contributed by atoms with Crippen molar-refractivity contribution in [2.24, 2.45) is 0 Å². The fraction of sp³-hybridized carbons (Fsp3) is 0.0833. The molecular formula is C12H10N2O5. The molecule has 1 amide bonds. The lowest BCUT2D eigenvalue weighted by molar-refractivity contribution is -0.112. The van der Waals surface area contributed by atoms with Crippen LogP contribution in [0.15, 0.2) is 29.5 Å². The second-order valence-electron chi connectivity index (χ2n) is 3.56. The van der Waals surface area contributed by atoms with Gasteiger partial charge in [-0.05, 0) is 19.1 Å². The lowest BCUT2D eigenvalue weighted by Crippen LogP contribution is -2.15. The number of benzene rings is 1. The highest BCUT2D eigenvalue weighted by Crippen LogP contribution is 2.22. The number of aromatic carboxylic acids is 1. The van der Waals surface area contributed by atoms with Crippen LogP contribution in [0.4, 0.5) is 5.69 Å². The third kappa shape index (κ3) is 3.23. The molecule has 0 bridgehead atoms. The van der Waals surface area contributed by atoms with E-state index in [4.69, 9.17) is 15.5 Å². The van der Waals surface area contributed by atoms with E-state index in [0.717, 1.165) is 12.1 Å². The first kappa shape index (κ1) is 14.1. The fourth-order valence-corrected chi connectivity index (χ4v) is 1.28. The molecule has 98 valence electrons. The number of aromatic hydroxyl groups is 1. The molecule has 1 aromatic rings. The summed E-state index contributed by atoms with van der Waals surface area (Å²) in [5.74, 6) is -3.12. The van der Waals surface area contributed by atoms with Crippen molar-refractivity contribution >= 4 is 17.6 Å². The van der Waals surface area contributed by atoms with Gasteiger partial charge in [-0.3, -0.25) is 4.79 Å². The number of hydrogen-bond acceptors (Lipinski definition) is 5. The van der Waals surface area contributed by atoms with Crippen molar-refractivity contribution in [3.8, 4) is 11.8 Å². The molecule has 0 radical (unpaired) electrons. The quantitative estimate of drug-likeness (QED) is 0.370. The van der Waals surface area contributed by atoms with Crippen LogP contribution in [-0.4, -0.2) is 27.2 Å². The van der Waals surface area contributed by atoms with E-state index >= 15 is 0 Å². The minimum absolute atomic E-state index is 0.0986. The number of nitrogens with one attached hydrogen (secondary N) is 1. The number of carboxylic acids is 1. The van der Waals surface area contributed by atoms with Gasteiger partial charge < -0.3 is 20.6 Å². The third-order valence-corrected chi connectivity index (χ3v) is 2.19. The normalized spacial score (nSPS) is 11.2. The third-order valence-electron chi connectivity index (χ3n) is 2.19. The van der Waals surface area contributed by atoms with Crippen molar-refractivity contribution in [1.82, 2.24) is 0 Å². The van der Waals surface area contributed by atoms with Crippen LogP contribution in [0, 0.1) is 11.3 Å². The number of aliphatic hydroxyl groups excluding tert-OH is 1. The molecule has 7 heteroatoms. The smallest absolute Gasteiger partial charge is 0.339 e. The number of carbonyl (C=O) groups excluding carboxylic acids is 1. The van der Waals surface area contributed by atoms with Crippen LogP contribution < -0.4 is 5.32 Å². The molecule has 1 aromatic carbocycles. The summed E-state index contributed by atoms with van der Waals surface area (Å²) in [7, 11) is 0. The van der Waals surface area contributed by atoms with Crippen LogP contribution in [0.25, 0.3) is 0 Å². The molecule has 0 heterocycles. The summed E-state index contributed by atoms with van der Waals surface area (Å²) in [6.07, 6.45) is 0. The van der Waals surface area contributed by atoms with E-state index in [2.05, 4.69) is 5.32 Å². The Balaban J connectivity index is 3.00. The van der Waals surface area contributed by atoms with Crippen molar-refractivity contribution in [2.75, 3.05) is 5.32 Å². The molecule has 0 unspecified atom stereocenters. The number of rotatable bonds is 3. The number of amides is 1. The zero-order valence-corrected chi connectivity index (χ0v) is 9.84. The molecule has 0 saturated heterocycles. The first-order valence-electron chi connectivity index (χ1n) is 5.04. The molecule has 4 N–H and O–H groups in total. The van der Waals surface area contributed by atoms with Crippen LogP contribution in [0.2, 0.25) is 0 Å². The van der Waals surface area contributed by atoms with E-state index in [1.54, 1.807) is 0 Å². The standard InChI is InChI=1S/C12H10N2O5/c1-6(15)9(5-13)11(17)14-7-2-3-8(12(18)19)10(16)4-7/h2-4,15-16H,1H3,(H,14,17)(H,18,19)/b9-6-. The lowest BCUT2D eigenvalue weighted by atomic mass is 10.1. The Bertz CT molecular complexity index is 609. The molecule has 0 aromatic heterocycles. The van der Waals surface area contributed by atoms with Crippen LogP contribution in [0.3, 0.4) is 0 Å². The van der Waals surface area contributed by atoms with E-state index in [1.165, 1.54) is 19.1 Å². The summed E-state index contributed by atoms with van der Waals surface area (Å²) in [4.78, 5) is 22.2. The van der Waals surface area contributed by atoms with Crippen molar-refractivity contribution in [2.45, 2.75) is 6.92 Å². The average Bonchev–Trinajstić information content (AvgIpc) is 2.28. The molecule has 7 nitrogen and oxygen atoms in total. The topological polar surface area (TPSA) is 131 Å². The predicted molar refractivity (Wildman–Crippen MR) is 64.6 cm³/mol. The van der Waals surface area contributed by atoms with Crippen LogP contribution in [-0.2, 0) is 4.79 Å². The van der Waals surface area contributed by atoms with E-state index in [-0.39, 0.29) is 11.3 Å². The number of hydrogen-bond donors (Lipinski definition) is 4. The van der Waals surface area contributed by atoms with E-state index in [9.17, 15) is 14.7 Å². The zero-order valence-electron chi connectivity index (χ0n) is 9.84. The van der Waals surface area contributed by atoms with Crippen molar-refractivity contribution in [1.29, 1.82) is 5.26 Å².